The third-order valence-electron chi connectivity index (χ3n) is 1.80. The van der Waals surface area contributed by atoms with Crippen LogP contribution >= 0.6 is 0 Å². The molecule has 2 aromatic heterocycles. The number of nitrogens with one attached hydrogen (secondary N) is 1. The van der Waals surface area contributed by atoms with Crippen molar-refractivity contribution >= 4 is 11.9 Å². The molecule has 0 unspecified atom stereocenters. The molecule has 0 spiro atoms. The molecule has 0 fully saturated rings. The number of aromatic nitrogens is 4. The Labute approximate surface area is 101 Å². The van der Waals surface area contributed by atoms with E-state index in [1.807, 2.05) is 5.48 Å². The van der Waals surface area contributed by atoms with Gasteiger partial charge < -0.3 is 4.84 Å². The van der Waals surface area contributed by atoms with Crippen LogP contribution in [0.3, 0.4) is 0 Å². The third kappa shape index (κ3) is 2.82. The van der Waals surface area contributed by atoms with Crippen LogP contribution in [0.25, 0.3) is 0 Å². The summed E-state index contributed by atoms with van der Waals surface area (Å²) in [4.78, 5) is 42.2. The Bertz CT molecular complexity index is 494. The Morgan fingerprint density at radius 1 is 0.944 bits per heavy atom. The van der Waals surface area contributed by atoms with Crippen molar-refractivity contribution in [1.82, 2.24) is 25.4 Å². The summed E-state index contributed by atoms with van der Waals surface area (Å²) in [6, 6.07) is 0. The van der Waals surface area contributed by atoms with Gasteiger partial charge in [0.15, 0.2) is 5.69 Å². The van der Waals surface area contributed by atoms with Crippen molar-refractivity contribution in [2.24, 2.45) is 0 Å². The normalized spacial score (nSPS) is 9.56. The molecule has 2 heterocycles. The number of carbonyl (C=O) groups excluding carboxylic acids is 2. The first kappa shape index (κ1) is 11.6. The van der Waals surface area contributed by atoms with E-state index >= 15 is 0 Å². The summed E-state index contributed by atoms with van der Waals surface area (Å²) in [6.07, 6.45) is 7.97. The SMILES string of the molecule is O=C(NOC(=O)c1cnccn1)c1cnccn1. The summed E-state index contributed by atoms with van der Waals surface area (Å²) in [7, 11) is 0. The summed E-state index contributed by atoms with van der Waals surface area (Å²) in [5.41, 5.74) is 1.95. The molecular weight excluding hydrogens is 238 g/mol. The van der Waals surface area contributed by atoms with Gasteiger partial charge in [-0.15, -0.1) is 0 Å². The lowest BCUT2D eigenvalue weighted by Gasteiger charge is -2.03. The topological polar surface area (TPSA) is 107 Å². The lowest BCUT2D eigenvalue weighted by Crippen LogP contribution is -2.28. The van der Waals surface area contributed by atoms with Crippen molar-refractivity contribution in [1.29, 1.82) is 0 Å². The highest BCUT2D eigenvalue weighted by Crippen LogP contribution is 1.94. The number of hydrogen-bond acceptors (Lipinski definition) is 7. The van der Waals surface area contributed by atoms with Crippen LogP contribution in [0, 0.1) is 0 Å². The van der Waals surface area contributed by atoms with Gasteiger partial charge in [0.05, 0.1) is 12.4 Å². The van der Waals surface area contributed by atoms with Crippen LogP contribution in [0.2, 0.25) is 0 Å². The molecule has 8 heteroatoms. The minimum atomic E-state index is -0.819. The van der Waals surface area contributed by atoms with Crippen LogP contribution in [-0.2, 0) is 4.84 Å². The van der Waals surface area contributed by atoms with Gasteiger partial charge in [-0.05, 0) is 0 Å². The van der Waals surface area contributed by atoms with Gasteiger partial charge in [-0.1, -0.05) is 0 Å². The number of carbonyl (C=O) groups is 2. The number of amides is 1. The molecule has 0 aliphatic rings. The summed E-state index contributed by atoms with van der Waals surface area (Å²) in [6.45, 7) is 0. The predicted molar refractivity (Wildman–Crippen MR) is 56.9 cm³/mol. The summed E-state index contributed by atoms with van der Waals surface area (Å²) >= 11 is 0. The lowest BCUT2D eigenvalue weighted by molar-refractivity contribution is 0.0222. The first-order valence-corrected chi connectivity index (χ1v) is 4.81. The van der Waals surface area contributed by atoms with Crippen molar-refractivity contribution in [3.63, 3.8) is 0 Å². The maximum absolute atomic E-state index is 11.5. The van der Waals surface area contributed by atoms with Crippen LogP contribution in [0.1, 0.15) is 21.0 Å². The molecular formula is C10H7N5O3. The van der Waals surface area contributed by atoms with Gasteiger partial charge in [-0.2, -0.15) is 5.48 Å². The highest BCUT2D eigenvalue weighted by molar-refractivity contribution is 5.93. The molecule has 90 valence electrons. The van der Waals surface area contributed by atoms with Crippen molar-refractivity contribution < 1.29 is 14.4 Å². The Balaban J connectivity index is 1.93. The molecule has 0 saturated carbocycles. The van der Waals surface area contributed by atoms with E-state index in [9.17, 15) is 9.59 Å². The molecule has 1 N–H and O–H groups in total. The summed E-state index contributed by atoms with van der Waals surface area (Å²) in [5, 5.41) is 0. The molecule has 0 saturated heterocycles. The summed E-state index contributed by atoms with van der Waals surface area (Å²) < 4.78 is 0. The highest BCUT2D eigenvalue weighted by atomic mass is 16.7. The zero-order valence-electron chi connectivity index (χ0n) is 8.98. The molecule has 0 radical (unpaired) electrons. The second-order valence-electron chi connectivity index (χ2n) is 3.00. The van der Waals surface area contributed by atoms with Crippen LogP contribution < -0.4 is 5.48 Å². The van der Waals surface area contributed by atoms with Crippen LogP contribution in [0.15, 0.2) is 37.2 Å². The Morgan fingerprint density at radius 3 is 2.11 bits per heavy atom. The average molecular weight is 245 g/mol. The molecule has 0 aromatic carbocycles. The quantitative estimate of drug-likeness (QED) is 0.728. The molecule has 2 aromatic rings. The predicted octanol–water partition coefficient (Wildman–Crippen LogP) is -0.232. The van der Waals surface area contributed by atoms with Crippen molar-refractivity contribution in [3.05, 3.63) is 48.6 Å². The Hall–Kier alpha value is -2.90. The van der Waals surface area contributed by atoms with E-state index in [2.05, 4.69) is 24.8 Å². The lowest BCUT2D eigenvalue weighted by atomic mass is 10.4. The van der Waals surface area contributed by atoms with Gasteiger partial charge >= 0.3 is 11.9 Å². The number of rotatable bonds is 2. The summed E-state index contributed by atoms with van der Waals surface area (Å²) in [5.74, 6) is -1.50. The largest absolute Gasteiger partial charge is 0.382 e. The highest BCUT2D eigenvalue weighted by Gasteiger charge is 2.13. The van der Waals surface area contributed by atoms with Crippen LogP contribution in [0.4, 0.5) is 0 Å². The maximum atomic E-state index is 11.5. The van der Waals surface area contributed by atoms with Crippen LogP contribution in [-0.4, -0.2) is 31.8 Å². The molecule has 0 aliphatic heterocycles. The minimum Gasteiger partial charge on any atom is -0.333 e. The zero-order chi connectivity index (χ0) is 12.8. The molecule has 18 heavy (non-hydrogen) atoms. The molecule has 0 bridgehead atoms. The number of hydrogen-bond donors (Lipinski definition) is 1. The van der Waals surface area contributed by atoms with Gasteiger partial charge in [0.1, 0.15) is 5.69 Å². The minimum absolute atomic E-state index is 0.0167. The van der Waals surface area contributed by atoms with Crippen molar-refractivity contribution in [3.8, 4) is 0 Å². The third-order valence-corrected chi connectivity index (χ3v) is 1.80. The van der Waals surface area contributed by atoms with Crippen molar-refractivity contribution in [2.75, 3.05) is 0 Å². The van der Waals surface area contributed by atoms with Gasteiger partial charge in [0.2, 0.25) is 0 Å². The number of nitrogens with zero attached hydrogens (tertiary/aromatic N) is 4. The maximum Gasteiger partial charge on any atom is 0.382 e. The fourth-order valence-electron chi connectivity index (χ4n) is 1.02. The van der Waals surface area contributed by atoms with E-state index < -0.39 is 11.9 Å². The molecule has 2 rings (SSSR count). The second kappa shape index (κ2) is 5.43. The Kier molecular flexibility index (Phi) is 3.50. The van der Waals surface area contributed by atoms with Gasteiger partial charge in [-0.25, -0.2) is 14.8 Å². The van der Waals surface area contributed by atoms with Crippen molar-refractivity contribution in [2.45, 2.75) is 0 Å². The van der Waals surface area contributed by atoms with E-state index in [1.165, 1.54) is 37.2 Å². The Morgan fingerprint density at radius 2 is 1.56 bits per heavy atom. The fraction of sp³-hybridized carbons (Fsp3) is 0. The average Bonchev–Trinajstić information content (AvgIpc) is 2.46. The monoisotopic (exact) mass is 245 g/mol. The molecule has 8 nitrogen and oxygen atoms in total. The smallest absolute Gasteiger partial charge is 0.333 e. The van der Waals surface area contributed by atoms with Gasteiger partial charge in [0.25, 0.3) is 0 Å². The second-order valence-corrected chi connectivity index (χ2v) is 3.00. The van der Waals surface area contributed by atoms with Gasteiger partial charge in [0, 0.05) is 24.8 Å². The van der Waals surface area contributed by atoms with E-state index in [-0.39, 0.29) is 11.4 Å². The van der Waals surface area contributed by atoms with E-state index in [0.29, 0.717) is 0 Å². The molecule has 0 aliphatic carbocycles. The van der Waals surface area contributed by atoms with E-state index in [1.54, 1.807) is 0 Å². The van der Waals surface area contributed by atoms with E-state index in [0.717, 1.165) is 0 Å². The fourth-order valence-corrected chi connectivity index (χ4v) is 1.02. The van der Waals surface area contributed by atoms with Gasteiger partial charge in [-0.3, -0.25) is 14.8 Å². The first-order chi connectivity index (χ1) is 8.77. The first-order valence-electron chi connectivity index (χ1n) is 4.81. The van der Waals surface area contributed by atoms with E-state index in [4.69, 9.17) is 0 Å². The number of hydroxylamine groups is 1. The molecule has 0 atom stereocenters. The molecule has 1 amide bonds. The van der Waals surface area contributed by atoms with Crippen LogP contribution in [0.5, 0.6) is 0 Å². The standard InChI is InChI=1S/C10H7N5O3/c16-9(7-5-11-1-3-13-7)15-18-10(17)8-6-12-2-4-14-8/h1-6H,(H,15,16). The zero-order valence-corrected chi connectivity index (χ0v) is 8.98.